The zero-order valence-corrected chi connectivity index (χ0v) is 35.0. The number of fused-ring (bicyclic) bond motifs is 2. The van der Waals surface area contributed by atoms with E-state index in [9.17, 15) is 24.3 Å². The quantitative estimate of drug-likeness (QED) is 0.155. The Hall–Kier alpha value is -3.26. The number of nitrogens with one attached hydrogen (secondary N) is 2. The van der Waals surface area contributed by atoms with Crippen molar-refractivity contribution in [1.29, 1.82) is 0 Å². The topological polar surface area (TPSA) is 167 Å². The Balaban J connectivity index is 1.45. The van der Waals surface area contributed by atoms with E-state index < -0.39 is 36.3 Å². The van der Waals surface area contributed by atoms with Crippen LogP contribution in [-0.2, 0) is 35.1 Å². The largest absolute Gasteiger partial charge is 0.399 e. The number of aliphatic hydroxyl groups is 1. The summed E-state index contributed by atoms with van der Waals surface area (Å²) in [6.45, 7) is 12.3. The fraction of sp³-hybridized carbons (Fsp3) is 0.762. The van der Waals surface area contributed by atoms with E-state index in [1.165, 1.54) is 0 Å². The smallest absolute Gasteiger partial charge is 0.245 e. The first-order chi connectivity index (χ1) is 26.1. The zero-order valence-electron chi connectivity index (χ0n) is 35.0. The van der Waals surface area contributed by atoms with E-state index in [2.05, 4.69) is 36.3 Å². The number of nitrogen functional groups attached to an aromatic ring is 1. The summed E-state index contributed by atoms with van der Waals surface area (Å²) in [6.07, 6.45) is 3.57. The normalized spacial score (nSPS) is 26.3. The number of piperidine rings is 1. The van der Waals surface area contributed by atoms with Gasteiger partial charge >= 0.3 is 0 Å². The van der Waals surface area contributed by atoms with E-state index >= 15 is 0 Å². The Morgan fingerprint density at radius 3 is 2.33 bits per heavy atom. The summed E-state index contributed by atoms with van der Waals surface area (Å²) in [5.74, 6) is -0.727. The van der Waals surface area contributed by atoms with Gasteiger partial charge in [-0.2, -0.15) is 0 Å². The Morgan fingerprint density at radius 1 is 1.05 bits per heavy atom. The van der Waals surface area contributed by atoms with Crippen LogP contribution in [-0.4, -0.2) is 133 Å². The fourth-order valence-electron chi connectivity index (χ4n) is 9.86. The minimum Gasteiger partial charge on any atom is -0.399 e. The van der Waals surface area contributed by atoms with E-state index in [1.54, 1.807) is 44.1 Å². The summed E-state index contributed by atoms with van der Waals surface area (Å²) in [6, 6.07) is 5.49. The van der Waals surface area contributed by atoms with Crippen molar-refractivity contribution >= 4 is 29.3 Å². The number of hydrogen-bond acceptors (Lipinski definition) is 9. The third-order valence-corrected chi connectivity index (χ3v) is 13.2. The number of nitrogens with zero attached hydrogens (tertiary/aromatic N) is 3. The standard InChI is InChI=1S/C42H70N6O7/c1-11-25(4)37(47(8)42(53)36(24(2)3)45-41(52)38-31-17-18-32(26(31)5)46(38)7)34(54-9)22-35(50)48-19-13-16-33(48)39(55-10)27(6)40(51)44-30(23-49)21-28-14-12-15-29(43)20-28/h12,14-15,20,24-27,30-34,36-39,49H,11,13,16-19,21-23,43H2,1-10H3,(H,44,51)(H,45,52)/t25-,26-,27+,30-,31?,32?,33-,34+,36-,37?,38-,39+/m0/s1. The summed E-state index contributed by atoms with van der Waals surface area (Å²) in [5.41, 5.74) is 7.45. The van der Waals surface area contributed by atoms with Crippen molar-refractivity contribution in [3.8, 4) is 0 Å². The SMILES string of the molecule is CC[C@H](C)C([C@@H](CC(=O)N1CCC[C@H]1[C@H](OC)[C@@H](C)C(=O)N[C@H](CO)Cc1cccc(N)c1)OC)N(C)C(=O)[C@@H](NC(=O)[C@@H]1C2CCC([C@H]2C)N1C)C(C)C. The molecule has 5 N–H and O–H groups in total. The van der Waals surface area contributed by atoms with Crippen molar-refractivity contribution in [2.45, 2.75) is 135 Å². The van der Waals surface area contributed by atoms with Gasteiger partial charge in [0.15, 0.2) is 0 Å². The maximum absolute atomic E-state index is 14.4. The van der Waals surface area contributed by atoms with E-state index in [-0.39, 0.29) is 66.5 Å². The number of hydrogen-bond donors (Lipinski definition) is 4. The molecule has 1 saturated carbocycles. The summed E-state index contributed by atoms with van der Waals surface area (Å²) >= 11 is 0. The highest BCUT2D eigenvalue weighted by Gasteiger charge is 2.53. The lowest BCUT2D eigenvalue weighted by atomic mass is 9.89. The van der Waals surface area contributed by atoms with Crippen molar-refractivity contribution in [1.82, 2.24) is 25.3 Å². The molecule has 0 spiro atoms. The number of nitrogens with two attached hydrogens (primary N) is 1. The van der Waals surface area contributed by atoms with Crippen molar-refractivity contribution in [2.24, 2.45) is 29.6 Å². The van der Waals surface area contributed by atoms with Crippen LogP contribution in [0.15, 0.2) is 24.3 Å². The third-order valence-electron chi connectivity index (χ3n) is 13.2. The number of benzene rings is 1. The zero-order chi connectivity index (χ0) is 40.7. The molecule has 3 unspecified atom stereocenters. The lowest BCUT2D eigenvalue weighted by Crippen LogP contribution is -2.60. The van der Waals surface area contributed by atoms with Gasteiger partial charge in [-0.25, -0.2) is 0 Å². The fourth-order valence-corrected chi connectivity index (χ4v) is 9.86. The molecule has 3 aliphatic rings. The van der Waals surface area contributed by atoms with Crippen molar-refractivity contribution in [3.63, 3.8) is 0 Å². The van der Waals surface area contributed by atoms with Gasteiger partial charge in [0.1, 0.15) is 6.04 Å². The van der Waals surface area contributed by atoms with Crippen molar-refractivity contribution < 1.29 is 33.8 Å². The van der Waals surface area contributed by atoms with E-state index in [1.807, 2.05) is 39.1 Å². The Kier molecular flexibility index (Phi) is 16.0. The number of ether oxygens (including phenoxy) is 2. The molecular weight excluding hydrogens is 700 g/mol. The molecule has 13 nitrogen and oxygen atoms in total. The second-order valence-corrected chi connectivity index (χ2v) is 16.9. The number of carbonyl (C=O) groups is 4. The van der Waals surface area contributed by atoms with E-state index in [0.717, 1.165) is 31.2 Å². The average Bonchev–Trinajstić information content (AvgIpc) is 3.85. The van der Waals surface area contributed by atoms with Crippen LogP contribution in [0.5, 0.6) is 0 Å². The molecule has 1 aliphatic carbocycles. The molecule has 310 valence electrons. The predicted molar refractivity (Wildman–Crippen MR) is 214 cm³/mol. The van der Waals surface area contributed by atoms with Crippen LogP contribution in [0.25, 0.3) is 0 Å². The van der Waals surface area contributed by atoms with Crippen LogP contribution >= 0.6 is 0 Å². The van der Waals surface area contributed by atoms with Crippen LogP contribution < -0.4 is 16.4 Å². The maximum Gasteiger partial charge on any atom is 0.245 e. The minimum absolute atomic E-state index is 0.00984. The third kappa shape index (κ3) is 10.0. The van der Waals surface area contributed by atoms with E-state index in [0.29, 0.717) is 37.0 Å². The second kappa shape index (κ2) is 19.7. The van der Waals surface area contributed by atoms with Crippen LogP contribution in [0.3, 0.4) is 0 Å². The monoisotopic (exact) mass is 771 g/mol. The van der Waals surface area contributed by atoms with Crippen molar-refractivity contribution in [2.75, 3.05) is 47.2 Å². The van der Waals surface area contributed by atoms with Gasteiger partial charge < -0.3 is 40.7 Å². The van der Waals surface area contributed by atoms with E-state index in [4.69, 9.17) is 15.2 Å². The average molecular weight is 771 g/mol. The molecule has 0 radical (unpaired) electrons. The highest BCUT2D eigenvalue weighted by atomic mass is 16.5. The second-order valence-electron chi connectivity index (χ2n) is 16.9. The number of likely N-dealkylation sites (tertiary alicyclic amines) is 2. The van der Waals surface area contributed by atoms with Gasteiger partial charge in [-0.05, 0) is 80.5 Å². The summed E-state index contributed by atoms with van der Waals surface area (Å²) < 4.78 is 12.0. The Labute approximate surface area is 329 Å². The molecule has 2 aliphatic heterocycles. The molecule has 13 heteroatoms. The maximum atomic E-state index is 14.4. The summed E-state index contributed by atoms with van der Waals surface area (Å²) in [4.78, 5) is 61.6. The summed E-state index contributed by atoms with van der Waals surface area (Å²) in [7, 11) is 6.92. The Bertz CT molecular complexity index is 1460. The molecule has 0 aromatic heterocycles. The molecule has 2 saturated heterocycles. The molecule has 2 bridgehead atoms. The molecule has 4 amide bonds. The van der Waals surface area contributed by atoms with Gasteiger partial charge in [-0.1, -0.05) is 60.1 Å². The molecule has 12 atom stereocenters. The lowest BCUT2D eigenvalue weighted by Gasteiger charge is -2.41. The highest BCUT2D eigenvalue weighted by molar-refractivity contribution is 5.90. The number of amides is 4. The van der Waals surface area contributed by atoms with Crippen LogP contribution in [0.4, 0.5) is 5.69 Å². The first kappa shape index (κ1) is 44.5. The van der Waals surface area contributed by atoms with Gasteiger partial charge in [-0.3, -0.25) is 24.1 Å². The first-order valence-electron chi connectivity index (χ1n) is 20.5. The van der Waals surface area contributed by atoms with Crippen LogP contribution in [0, 0.1) is 29.6 Å². The van der Waals surface area contributed by atoms with Crippen LogP contribution in [0.2, 0.25) is 0 Å². The number of anilines is 1. The number of rotatable bonds is 19. The molecule has 4 rings (SSSR count). The van der Waals surface area contributed by atoms with Gasteiger partial charge in [-0.15, -0.1) is 0 Å². The molecular formula is C42H70N6O7. The van der Waals surface area contributed by atoms with Crippen molar-refractivity contribution in [3.05, 3.63) is 29.8 Å². The number of methoxy groups -OCH3 is 2. The summed E-state index contributed by atoms with van der Waals surface area (Å²) in [5, 5.41) is 16.2. The van der Waals surface area contributed by atoms with Crippen LogP contribution in [0.1, 0.15) is 85.6 Å². The molecule has 2 heterocycles. The molecule has 1 aromatic rings. The van der Waals surface area contributed by atoms with Gasteiger partial charge in [0, 0.05) is 39.5 Å². The predicted octanol–water partition coefficient (Wildman–Crippen LogP) is 3.08. The first-order valence-corrected chi connectivity index (χ1v) is 20.5. The number of aliphatic hydroxyl groups excluding tert-OH is 1. The molecule has 3 fully saturated rings. The lowest BCUT2D eigenvalue weighted by molar-refractivity contribution is -0.148. The molecule has 1 aromatic carbocycles. The number of likely N-dealkylation sites (N-methyl/N-ethyl adjacent to an activating group) is 2. The Morgan fingerprint density at radius 2 is 1.76 bits per heavy atom. The van der Waals surface area contributed by atoms with Gasteiger partial charge in [0.2, 0.25) is 23.6 Å². The highest BCUT2D eigenvalue weighted by Crippen LogP contribution is 2.46. The van der Waals surface area contributed by atoms with Gasteiger partial charge in [0.05, 0.1) is 55.3 Å². The minimum atomic E-state index is -0.727. The molecule has 55 heavy (non-hydrogen) atoms. The van der Waals surface area contributed by atoms with Gasteiger partial charge in [0.25, 0.3) is 0 Å². The number of carbonyl (C=O) groups excluding carboxylic acids is 4.